The average Bonchev–Trinajstić information content (AvgIpc) is 3.38. The monoisotopic (exact) mass is 428 g/mol. The van der Waals surface area contributed by atoms with E-state index in [1.165, 1.54) is 17.4 Å². The lowest BCUT2D eigenvalue weighted by atomic mass is 10.1. The third-order valence-electron chi connectivity index (χ3n) is 4.54. The smallest absolute Gasteiger partial charge is 0.327 e. The van der Waals surface area contributed by atoms with E-state index in [9.17, 15) is 18.0 Å². The molecule has 0 fully saturated rings. The van der Waals surface area contributed by atoms with Gasteiger partial charge in [-0.15, -0.1) is 11.3 Å². The van der Waals surface area contributed by atoms with Crippen LogP contribution in [0.15, 0.2) is 65.6 Å². The van der Waals surface area contributed by atoms with Gasteiger partial charge in [-0.05, 0) is 29.8 Å². The van der Waals surface area contributed by atoms with E-state index >= 15 is 0 Å². The topological polar surface area (TPSA) is 59.8 Å². The maximum Gasteiger partial charge on any atom is 0.416 e. The molecule has 0 atom stereocenters. The Morgan fingerprint density at radius 1 is 1.07 bits per heavy atom. The third kappa shape index (κ3) is 3.97. The standard InChI is InChI=1S/C21H15F3N4OS/c1-28-18(10-25-19(28)14-3-2-4-15(9-14)21(22,23)24)13-5-7-16(8-6-13)27-20(29)17-11-30-12-26-17/h2-12H,1H3,(H,27,29). The van der Waals surface area contributed by atoms with Gasteiger partial charge < -0.3 is 9.88 Å². The second-order valence-electron chi connectivity index (χ2n) is 6.51. The highest BCUT2D eigenvalue weighted by Crippen LogP contribution is 2.33. The van der Waals surface area contributed by atoms with Crippen molar-refractivity contribution in [2.24, 2.45) is 7.05 Å². The molecule has 2 aromatic heterocycles. The average molecular weight is 428 g/mol. The number of carbonyl (C=O) groups excluding carboxylic acids is 1. The van der Waals surface area contributed by atoms with Crippen molar-refractivity contribution in [3.8, 4) is 22.6 Å². The Bertz CT molecular complexity index is 1180. The largest absolute Gasteiger partial charge is 0.416 e. The van der Waals surface area contributed by atoms with Crippen LogP contribution in [-0.4, -0.2) is 20.4 Å². The molecule has 30 heavy (non-hydrogen) atoms. The van der Waals surface area contributed by atoms with E-state index in [-0.39, 0.29) is 5.91 Å². The van der Waals surface area contributed by atoms with E-state index in [1.54, 1.807) is 46.9 Å². The normalized spacial score (nSPS) is 11.5. The van der Waals surface area contributed by atoms with Crippen LogP contribution in [0.2, 0.25) is 0 Å². The summed E-state index contributed by atoms with van der Waals surface area (Å²) in [7, 11) is 1.75. The molecule has 0 unspecified atom stereocenters. The molecule has 2 heterocycles. The lowest BCUT2D eigenvalue weighted by Crippen LogP contribution is -2.11. The summed E-state index contributed by atoms with van der Waals surface area (Å²) in [6.07, 6.45) is -2.80. The molecular formula is C21H15F3N4OS. The number of imidazole rings is 1. The number of thiazole rings is 1. The van der Waals surface area contributed by atoms with E-state index in [2.05, 4.69) is 15.3 Å². The van der Waals surface area contributed by atoms with Gasteiger partial charge in [0, 0.05) is 23.7 Å². The summed E-state index contributed by atoms with van der Waals surface area (Å²) in [5.74, 6) is 0.133. The zero-order chi connectivity index (χ0) is 21.3. The minimum Gasteiger partial charge on any atom is -0.327 e. The maximum atomic E-state index is 13.0. The summed E-state index contributed by atoms with van der Waals surface area (Å²) in [4.78, 5) is 20.4. The third-order valence-corrected chi connectivity index (χ3v) is 5.13. The van der Waals surface area contributed by atoms with E-state index in [1.807, 2.05) is 12.1 Å². The Kier molecular flexibility index (Phi) is 5.13. The first-order chi connectivity index (χ1) is 14.3. The molecule has 0 bridgehead atoms. The Morgan fingerprint density at radius 3 is 2.50 bits per heavy atom. The summed E-state index contributed by atoms with van der Waals surface area (Å²) >= 11 is 1.34. The van der Waals surface area contributed by atoms with Gasteiger partial charge in [-0.3, -0.25) is 4.79 Å². The number of amides is 1. The first kappa shape index (κ1) is 19.8. The van der Waals surface area contributed by atoms with Gasteiger partial charge in [0.15, 0.2) is 0 Å². The number of benzene rings is 2. The van der Waals surface area contributed by atoms with Crippen LogP contribution in [0.5, 0.6) is 0 Å². The van der Waals surface area contributed by atoms with Crippen molar-refractivity contribution in [2.45, 2.75) is 6.18 Å². The number of hydrogen-bond acceptors (Lipinski definition) is 4. The number of rotatable bonds is 4. The molecule has 1 amide bonds. The van der Waals surface area contributed by atoms with Gasteiger partial charge in [0.05, 0.1) is 23.0 Å². The number of anilines is 1. The van der Waals surface area contributed by atoms with Crippen molar-refractivity contribution in [3.63, 3.8) is 0 Å². The van der Waals surface area contributed by atoms with Gasteiger partial charge in [0.1, 0.15) is 11.5 Å². The minimum atomic E-state index is -4.41. The first-order valence-corrected chi connectivity index (χ1v) is 9.76. The van der Waals surface area contributed by atoms with Crippen molar-refractivity contribution >= 4 is 22.9 Å². The van der Waals surface area contributed by atoms with Crippen LogP contribution in [-0.2, 0) is 13.2 Å². The van der Waals surface area contributed by atoms with E-state index in [0.29, 0.717) is 22.8 Å². The Balaban J connectivity index is 1.57. The van der Waals surface area contributed by atoms with Crippen LogP contribution in [0.1, 0.15) is 16.1 Å². The van der Waals surface area contributed by atoms with Crippen LogP contribution in [0.25, 0.3) is 22.6 Å². The Labute approximate surface area is 173 Å². The first-order valence-electron chi connectivity index (χ1n) is 8.82. The fourth-order valence-electron chi connectivity index (χ4n) is 3.02. The summed E-state index contributed by atoms with van der Waals surface area (Å²) < 4.78 is 40.8. The molecule has 152 valence electrons. The maximum absolute atomic E-state index is 13.0. The molecule has 9 heteroatoms. The molecule has 0 saturated carbocycles. The summed E-state index contributed by atoms with van der Waals surface area (Å²) in [5.41, 5.74) is 3.76. The highest BCUT2D eigenvalue weighted by molar-refractivity contribution is 7.07. The summed E-state index contributed by atoms with van der Waals surface area (Å²) in [6, 6.07) is 12.2. The molecule has 4 aromatic rings. The summed E-state index contributed by atoms with van der Waals surface area (Å²) in [5, 5.41) is 4.43. The molecule has 1 N–H and O–H groups in total. The second kappa shape index (κ2) is 7.75. The molecule has 0 spiro atoms. The Hall–Kier alpha value is -3.46. The van der Waals surface area contributed by atoms with Crippen molar-refractivity contribution in [3.05, 3.63) is 76.9 Å². The lowest BCUT2D eigenvalue weighted by Gasteiger charge is -2.10. The van der Waals surface area contributed by atoms with Gasteiger partial charge in [-0.25, -0.2) is 9.97 Å². The fourth-order valence-corrected chi connectivity index (χ4v) is 3.56. The second-order valence-corrected chi connectivity index (χ2v) is 7.23. The van der Waals surface area contributed by atoms with Crippen molar-refractivity contribution in [2.75, 3.05) is 5.32 Å². The number of nitrogens with zero attached hydrogens (tertiary/aromatic N) is 3. The number of halogens is 3. The molecule has 0 aliphatic carbocycles. The van der Waals surface area contributed by atoms with Gasteiger partial charge in [-0.2, -0.15) is 13.2 Å². The van der Waals surface area contributed by atoms with Crippen LogP contribution < -0.4 is 5.32 Å². The van der Waals surface area contributed by atoms with Crippen LogP contribution >= 0.6 is 11.3 Å². The van der Waals surface area contributed by atoms with E-state index in [4.69, 9.17) is 0 Å². The van der Waals surface area contributed by atoms with Crippen LogP contribution in [0.4, 0.5) is 18.9 Å². The summed E-state index contributed by atoms with van der Waals surface area (Å²) in [6.45, 7) is 0. The number of alkyl halides is 3. The van der Waals surface area contributed by atoms with Gasteiger partial charge >= 0.3 is 6.18 Å². The molecular weight excluding hydrogens is 413 g/mol. The van der Waals surface area contributed by atoms with Gasteiger partial charge in [0.2, 0.25) is 0 Å². The van der Waals surface area contributed by atoms with Crippen molar-refractivity contribution in [1.29, 1.82) is 0 Å². The zero-order valence-electron chi connectivity index (χ0n) is 15.6. The lowest BCUT2D eigenvalue weighted by molar-refractivity contribution is -0.137. The van der Waals surface area contributed by atoms with E-state index in [0.717, 1.165) is 23.4 Å². The molecule has 4 rings (SSSR count). The van der Waals surface area contributed by atoms with Crippen LogP contribution in [0, 0.1) is 0 Å². The fraction of sp³-hybridized carbons (Fsp3) is 0.0952. The zero-order valence-corrected chi connectivity index (χ0v) is 16.5. The van der Waals surface area contributed by atoms with Crippen LogP contribution in [0.3, 0.4) is 0 Å². The van der Waals surface area contributed by atoms with Crippen molar-refractivity contribution < 1.29 is 18.0 Å². The quantitative estimate of drug-likeness (QED) is 0.468. The van der Waals surface area contributed by atoms with Gasteiger partial charge in [0.25, 0.3) is 5.91 Å². The van der Waals surface area contributed by atoms with E-state index < -0.39 is 11.7 Å². The molecule has 5 nitrogen and oxygen atoms in total. The predicted octanol–water partition coefficient (Wildman–Crippen LogP) is 5.48. The number of carbonyl (C=O) groups is 1. The number of nitrogens with one attached hydrogen (secondary N) is 1. The molecule has 0 saturated heterocycles. The highest BCUT2D eigenvalue weighted by atomic mass is 32.1. The van der Waals surface area contributed by atoms with Gasteiger partial charge in [-0.1, -0.05) is 24.3 Å². The SMILES string of the molecule is Cn1c(-c2ccc(NC(=O)c3cscn3)cc2)cnc1-c1cccc(C(F)(F)F)c1. The minimum absolute atomic E-state index is 0.295. The molecule has 0 radical (unpaired) electrons. The highest BCUT2D eigenvalue weighted by Gasteiger charge is 2.30. The Morgan fingerprint density at radius 2 is 1.83 bits per heavy atom. The number of aromatic nitrogens is 3. The molecule has 0 aliphatic rings. The predicted molar refractivity (Wildman–Crippen MR) is 109 cm³/mol. The van der Waals surface area contributed by atoms with Crippen molar-refractivity contribution in [1.82, 2.24) is 14.5 Å². The number of hydrogen-bond donors (Lipinski definition) is 1. The molecule has 0 aliphatic heterocycles. The molecule has 2 aromatic carbocycles.